The van der Waals surface area contributed by atoms with E-state index < -0.39 is 5.82 Å². The monoisotopic (exact) mass is 342 g/mol. The molecule has 4 rings (SSSR count). The second-order valence-corrected chi connectivity index (χ2v) is 6.54. The molecule has 130 valence electrons. The van der Waals surface area contributed by atoms with Gasteiger partial charge in [0.05, 0.1) is 0 Å². The van der Waals surface area contributed by atoms with E-state index in [9.17, 15) is 9.18 Å². The van der Waals surface area contributed by atoms with Gasteiger partial charge < -0.3 is 13.9 Å². The van der Waals surface area contributed by atoms with Gasteiger partial charge in [0.1, 0.15) is 12.2 Å². The number of aromatic nitrogens is 3. The fourth-order valence-electron chi connectivity index (χ4n) is 3.56. The molecule has 0 radical (unpaired) electrons. The molecule has 0 atom stereocenters. The number of hydrogen-bond acceptors (Lipinski definition) is 4. The molecule has 1 aliphatic rings. The van der Waals surface area contributed by atoms with Gasteiger partial charge in [0.2, 0.25) is 0 Å². The Bertz CT molecular complexity index is 938. The van der Waals surface area contributed by atoms with E-state index in [4.69, 9.17) is 4.42 Å². The van der Waals surface area contributed by atoms with Gasteiger partial charge in [0.15, 0.2) is 17.2 Å². The maximum atomic E-state index is 13.9. The summed E-state index contributed by atoms with van der Waals surface area (Å²) >= 11 is 0. The SMILES string of the molecule is Cc1c(C(=O)N2CCC(c3nncn3C)CC2)oc2c(F)cccc12. The highest BCUT2D eigenvalue weighted by Gasteiger charge is 2.30. The van der Waals surface area contributed by atoms with Crippen molar-refractivity contribution in [2.75, 3.05) is 13.1 Å². The van der Waals surface area contributed by atoms with Gasteiger partial charge in [-0.1, -0.05) is 12.1 Å². The van der Waals surface area contributed by atoms with Gasteiger partial charge in [0.25, 0.3) is 5.91 Å². The van der Waals surface area contributed by atoms with Gasteiger partial charge in [-0.3, -0.25) is 4.79 Å². The van der Waals surface area contributed by atoms with E-state index in [1.165, 1.54) is 6.07 Å². The second kappa shape index (κ2) is 5.98. The number of likely N-dealkylation sites (tertiary alicyclic amines) is 1. The van der Waals surface area contributed by atoms with Crippen LogP contribution in [0.15, 0.2) is 28.9 Å². The molecule has 3 aromatic rings. The van der Waals surface area contributed by atoms with Crippen molar-refractivity contribution < 1.29 is 13.6 Å². The van der Waals surface area contributed by atoms with Crippen LogP contribution < -0.4 is 0 Å². The van der Waals surface area contributed by atoms with Gasteiger partial charge in [-0.25, -0.2) is 4.39 Å². The highest BCUT2D eigenvalue weighted by Crippen LogP contribution is 2.31. The highest BCUT2D eigenvalue weighted by atomic mass is 19.1. The Balaban J connectivity index is 1.54. The zero-order valence-electron chi connectivity index (χ0n) is 14.2. The molecule has 0 aliphatic carbocycles. The average Bonchev–Trinajstić information content (AvgIpc) is 3.19. The average molecular weight is 342 g/mol. The quantitative estimate of drug-likeness (QED) is 0.718. The summed E-state index contributed by atoms with van der Waals surface area (Å²) in [6.45, 7) is 3.04. The first-order chi connectivity index (χ1) is 12.1. The van der Waals surface area contributed by atoms with E-state index in [-0.39, 0.29) is 17.3 Å². The lowest BCUT2D eigenvalue weighted by atomic mass is 9.95. The summed E-state index contributed by atoms with van der Waals surface area (Å²) in [6, 6.07) is 4.74. The van der Waals surface area contributed by atoms with Crippen molar-refractivity contribution in [1.29, 1.82) is 0 Å². The van der Waals surface area contributed by atoms with Crippen LogP contribution in [-0.2, 0) is 7.05 Å². The van der Waals surface area contributed by atoms with Crippen molar-refractivity contribution in [3.63, 3.8) is 0 Å². The first-order valence-electron chi connectivity index (χ1n) is 8.37. The second-order valence-electron chi connectivity index (χ2n) is 6.54. The number of para-hydroxylation sites is 1. The molecule has 0 N–H and O–H groups in total. The lowest BCUT2D eigenvalue weighted by Crippen LogP contribution is -2.38. The molecular weight excluding hydrogens is 323 g/mol. The molecule has 0 spiro atoms. The van der Waals surface area contributed by atoms with Crippen molar-refractivity contribution in [2.24, 2.45) is 7.05 Å². The lowest BCUT2D eigenvalue weighted by molar-refractivity contribution is 0.0679. The van der Waals surface area contributed by atoms with Gasteiger partial charge in [-0.15, -0.1) is 10.2 Å². The number of rotatable bonds is 2. The van der Waals surface area contributed by atoms with Crippen molar-refractivity contribution in [2.45, 2.75) is 25.7 Å². The molecule has 1 amide bonds. The van der Waals surface area contributed by atoms with Gasteiger partial charge >= 0.3 is 0 Å². The number of piperidine rings is 1. The number of carbonyl (C=O) groups excluding carboxylic acids is 1. The van der Waals surface area contributed by atoms with Gasteiger partial charge in [-0.05, 0) is 25.8 Å². The maximum absolute atomic E-state index is 13.9. The summed E-state index contributed by atoms with van der Waals surface area (Å²) < 4.78 is 21.4. The maximum Gasteiger partial charge on any atom is 0.289 e. The summed E-state index contributed by atoms with van der Waals surface area (Å²) in [5.74, 6) is 0.863. The number of benzene rings is 1. The zero-order chi connectivity index (χ0) is 17.6. The minimum absolute atomic E-state index is 0.150. The molecule has 0 unspecified atom stereocenters. The van der Waals surface area contributed by atoms with E-state index in [0.29, 0.717) is 30.0 Å². The largest absolute Gasteiger partial charge is 0.448 e. The summed E-state index contributed by atoms with van der Waals surface area (Å²) in [4.78, 5) is 14.6. The van der Waals surface area contributed by atoms with Crippen LogP contribution in [0.4, 0.5) is 4.39 Å². The van der Waals surface area contributed by atoms with Crippen molar-refractivity contribution in [1.82, 2.24) is 19.7 Å². The molecule has 25 heavy (non-hydrogen) atoms. The van der Waals surface area contributed by atoms with Gasteiger partial charge in [0, 0.05) is 37.0 Å². The Morgan fingerprint density at radius 2 is 2.08 bits per heavy atom. The fraction of sp³-hybridized carbons (Fsp3) is 0.389. The zero-order valence-corrected chi connectivity index (χ0v) is 14.2. The predicted molar refractivity (Wildman–Crippen MR) is 89.8 cm³/mol. The number of nitrogens with zero attached hydrogens (tertiary/aromatic N) is 4. The van der Waals surface area contributed by atoms with Crippen LogP contribution >= 0.6 is 0 Å². The minimum atomic E-state index is -0.444. The summed E-state index contributed by atoms with van der Waals surface area (Å²) in [5.41, 5.74) is 0.840. The van der Waals surface area contributed by atoms with E-state index in [2.05, 4.69) is 10.2 Å². The Kier molecular flexibility index (Phi) is 3.78. The van der Waals surface area contributed by atoms with Crippen LogP contribution in [0, 0.1) is 12.7 Å². The number of fused-ring (bicyclic) bond motifs is 1. The van der Waals surface area contributed by atoms with Crippen LogP contribution in [0.1, 0.15) is 40.7 Å². The summed E-state index contributed by atoms with van der Waals surface area (Å²) in [5, 5.41) is 8.74. The first kappa shape index (κ1) is 15.8. The van der Waals surface area contributed by atoms with Crippen LogP contribution in [0.25, 0.3) is 11.0 Å². The van der Waals surface area contributed by atoms with E-state index in [1.54, 1.807) is 30.3 Å². The lowest BCUT2D eigenvalue weighted by Gasteiger charge is -2.31. The fourth-order valence-corrected chi connectivity index (χ4v) is 3.56. The number of amides is 1. The Morgan fingerprint density at radius 1 is 1.32 bits per heavy atom. The topological polar surface area (TPSA) is 64.2 Å². The number of carbonyl (C=O) groups is 1. The third kappa shape index (κ3) is 2.59. The van der Waals surface area contributed by atoms with Crippen LogP contribution in [-0.4, -0.2) is 38.7 Å². The molecule has 1 fully saturated rings. The normalized spacial score (nSPS) is 15.9. The Morgan fingerprint density at radius 3 is 2.72 bits per heavy atom. The molecule has 6 nitrogen and oxygen atoms in total. The van der Waals surface area contributed by atoms with Crippen LogP contribution in [0.5, 0.6) is 0 Å². The molecule has 0 saturated carbocycles. The molecule has 1 saturated heterocycles. The molecule has 3 heterocycles. The number of hydrogen-bond donors (Lipinski definition) is 0. The predicted octanol–water partition coefficient (Wildman–Crippen LogP) is 3.03. The standard InChI is InChI=1S/C18H19FN4O2/c1-11-13-4-3-5-14(19)16(13)25-15(11)18(24)23-8-6-12(7-9-23)17-21-20-10-22(17)2/h3-5,10,12H,6-9H2,1-2H3. The summed E-state index contributed by atoms with van der Waals surface area (Å²) in [7, 11) is 1.93. The Hall–Kier alpha value is -2.70. The molecule has 7 heteroatoms. The van der Waals surface area contributed by atoms with Crippen molar-refractivity contribution in [3.8, 4) is 0 Å². The molecule has 1 aliphatic heterocycles. The van der Waals surface area contributed by atoms with Crippen molar-refractivity contribution >= 4 is 16.9 Å². The molecule has 1 aromatic carbocycles. The third-order valence-corrected chi connectivity index (χ3v) is 5.00. The Labute approximate surface area is 144 Å². The van der Waals surface area contributed by atoms with Crippen LogP contribution in [0.3, 0.4) is 0 Å². The smallest absolute Gasteiger partial charge is 0.289 e. The first-order valence-corrected chi connectivity index (χ1v) is 8.37. The number of aryl methyl sites for hydroxylation is 2. The molecule has 2 aromatic heterocycles. The van der Waals surface area contributed by atoms with Crippen LogP contribution in [0.2, 0.25) is 0 Å². The van der Waals surface area contributed by atoms with E-state index in [0.717, 1.165) is 18.7 Å². The number of halogens is 1. The summed E-state index contributed by atoms with van der Waals surface area (Å²) in [6.07, 6.45) is 3.34. The highest BCUT2D eigenvalue weighted by molar-refractivity contribution is 5.99. The van der Waals surface area contributed by atoms with E-state index >= 15 is 0 Å². The van der Waals surface area contributed by atoms with E-state index in [1.807, 2.05) is 11.6 Å². The minimum Gasteiger partial charge on any atom is -0.448 e. The van der Waals surface area contributed by atoms with Gasteiger partial charge in [-0.2, -0.15) is 0 Å². The van der Waals surface area contributed by atoms with Crippen molar-refractivity contribution in [3.05, 3.63) is 47.5 Å². The number of furan rings is 1. The molecular formula is C18H19FN4O2. The third-order valence-electron chi connectivity index (χ3n) is 5.00. The molecule has 0 bridgehead atoms.